The molecule has 1 aliphatic rings. The number of carboxylic acids is 1. The lowest BCUT2D eigenvalue weighted by atomic mass is 10.1. The number of aliphatic carboxylic acids is 1. The summed E-state index contributed by atoms with van der Waals surface area (Å²) in [6, 6.07) is 3.64. The number of hydrogen-bond donors (Lipinski definition) is 1. The molecule has 0 radical (unpaired) electrons. The van der Waals surface area contributed by atoms with Crippen molar-refractivity contribution < 1.29 is 27.9 Å². The number of alkyl halides is 3. The second-order valence-electron chi connectivity index (χ2n) is 6.62. The first kappa shape index (κ1) is 21.6. The first-order chi connectivity index (χ1) is 12.8. The fraction of sp³-hybridized carbons (Fsp3) is 0.579. The Kier molecular flexibility index (Phi) is 7.59. The van der Waals surface area contributed by atoms with Crippen molar-refractivity contribution in [2.24, 2.45) is 0 Å². The molecule has 1 aromatic rings. The van der Waals surface area contributed by atoms with Crippen LogP contribution in [0.15, 0.2) is 24.3 Å². The lowest BCUT2D eigenvalue weighted by Crippen LogP contribution is -2.42. The van der Waals surface area contributed by atoms with E-state index in [2.05, 4.69) is 6.92 Å². The lowest BCUT2D eigenvalue weighted by Gasteiger charge is -2.28. The highest BCUT2D eigenvalue weighted by Gasteiger charge is 2.42. The van der Waals surface area contributed by atoms with Crippen molar-refractivity contribution in [3.05, 3.63) is 35.4 Å². The Morgan fingerprint density at radius 2 is 1.78 bits per heavy atom. The van der Waals surface area contributed by atoms with Gasteiger partial charge >= 0.3 is 12.1 Å². The molecule has 1 saturated heterocycles. The summed E-state index contributed by atoms with van der Waals surface area (Å²) in [5.74, 6) is -1.12. The second kappa shape index (κ2) is 9.48. The summed E-state index contributed by atoms with van der Waals surface area (Å²) in [6.45, 7) is 2.10. The van der Waals surface area contributed by atoms with Crippen LogP contribution in [0, 0.1) is 0 Å². The maximum Gasteiger partial charge on any atom is 0.416 e. The van der Waals surface area contributed by atoms with Gasteiger partial charge in [-0.3, -0.25) is 4.79 Å². The zero-order chi connectivity index (χ0) is 20.0. The van der Waals surface area contributed by atoms with Gasteiger partial charge in [0.2, 0.25) is 5.91 Å². The lowest BCUT2D eigenvalue weighted by molar-refractivity contribution is -0.149. The smallest absolute Gasteiger partial charge is 0.416 e. The molecule has 1 fully saturated rings. The van der Waals surface area contributed by atoms with E-state index in [1.165, 1.54) is 28.8 Å². The van der Waals surface area contributed by atoms with Crippen LogP contribution >= 0.6 is 11.8 Å². The number of unbranched alkanes of at least 4 members (excludes halogenated alkanes) is 4. The normalized spacial score (nSPS) is 20.1. The molecule has 1 amide bonds. The van der Waals surface area contributed by atoms with Gasteiger partial charge in [-0.2, -0.15) is 13.2 Å². The summed E-state index contributed by atoms with van der Waals surface area (Å²) < 4.78 is 38.2. The van der Waals surface area contributed by atoms with Crippen molar-refractivity contribution in [1.29, 1.82) is 0 Å². The van der Waals surface area contributed by atoms with E-state index in [9.17, 15) is 27.9 Å². The average molecular weight is 403 g/mol. The molecular formula is C19H24F3NO3S. The van der Waals surface area contributed by atoms with E-state index in [1.54, 1.807) is 0 Å². The van der Waals surface area contributed by atoms with Crippen molar-refractivity contribution in [2.75, 3.05) is 5.75 Å². The molecule has 0 spiro atoms. The molecule has 1 aliphatic heterocycles. The van der Waals surface area contributed by atoms with E-state index >= 15 is 0 Å². The van der Waals surface area contributed by atoms with Crippen molar-refractivity contribution in [2.45, 2.75) is 63.0 Å². The number of carbonyl (C=O) groups is 2. The molecule has 2 atom stereocenters. The number of hydrogen-bond acceptors (Lipinski definition) is 3. The quantitative estimate of drug-likeness (QED) is 0.614. The van der Waals surface area contributed by atoms with Crippen molar-refractivity contribution >= 4 is 23.6 Å². The van der Waals surface area contributed by atoms with Gasteiger partial charge in [0.25, 0.3) is 0 Å². The molecular weight excluding hydrogens is 379 g/mol. The number of nitrogens with zero attached hydrogens (tertiary/aromatic N) is 1. The highest BCUT2D eigenvalue weighted by atomic mass is 32.2. The van der Waals surface area contributed by atoms with Crippen molar-refractivity contribution in [3.63, 3.8) is 0 Å². The number of rotatable bonds is 8. The van der Waals surface area contributed by atoms with Crippen LogP contribution in [0.4, 0.5) is 13.2 Å². The standard InChI is InChI=1S/C19H24F3NO3S/c1-2-3-4-5-6-7-16(24)23-15(18(25)26)12-27-17(23)13-8-10-14(11-9-13)19(20,21)22/h8-11,15,17H,2-7,12H2,1H3,(H,25,26). The topological polar surface area (TPSA) is 57.6 Å². The Hall–Kier alpha value is -1.70. The average Bonchev–Trinajstić information content (AvgIpc) is 3.06. The molecule has 0 saturated carbocycles. The summed E-state index contributed by atoms with van der Waals surface area (Å²) >= 11 is 1.27. The third-order valence-electron chi connectivity index (χ3n) is 4.59. The highest BCUT2D eigenvalue weighted by molar-refractivity contribution is 7.99. The predicted octanol–water partition coefficient (Wildman–Crippen LogP) is 5.09. The van der Waals surface area contributed by atoms with Crippen molar-refractivity contribution in [3.8, 4) is 0 Å². The molecule has 0 aromatic heterocycles. The zero-order valence-electron chi connectivity index (χ0n) is 15.2. The SMILES string of the molecule is CCCCCCCC(=O)N1C(C(=O)O)CSC1c1ccc(C(F)(F)F)cc1. The Morgan fingerprint density at radius 1 is 1.15 bits per heavy atom. The van der Waals surface area contributed by atoms with Gasteiger partial charge in [0.15, 0.2) is 0 Å². The Balaban J connectivity index is 2.12. The molecule has 2 rings (SSSR count). The summed E-state index contributed by atoms with van der Waals surface area (Å²) in [5, 5.41) is 8.86. The summed E-state index contributed by atoms with van der Waals surface area (Å²) in [6.07, 6.45) is 0.635. The monoisotopic (exact) mass is 403 g/mol. The van der Waals surface area contributed by atoms with E-state index < -0.39 is 29.1 Å². The number of amides is 1. The van der Waals surface area contributed by atoms with E-state index in [0.717, 1.165) is 37.8 Å². The van der Waals surface area contributed by atoms with Crippen molar-refractivity contribution in [1.82, 2.24) is 4.90 Å². The van der Waals surface area contributed by atoms with Gasteiger partial charge in [0, 0.05) is 12.2 Å². The fourth-order valence-corrected chi connectivity index (χ4v) is 4.55. The van der Waals surface area contributed by atoms with Gasteiger partial charge < -0.3 is 10.0 Å². The summed E-state index contributed by atoms with van der Waals surface area (Å²) in [4.78, 5) is 25.5. The molecule has 0 bridgehead atoms. The minimum atomic E-state index is -4.43. The molecule has 0 aliphatic carbocycles. The van der Waals surface area contributed by atoms with Crippen LogP contribution in [0.25, 0.3) is 0 Å². The van der Waals surface area contributed by atoms with Crippen LogP contribution in [0.1, 0.15) is 61.9 Å². The maximum atomic E-state index is 12.7. The number of halogens is 3. The van der Waals surface area contributed by atoms with Gasteiger partial charge in [0.1, 0.15) is 11.4 Å². The third kappa shape index (κ3) is 5.64. The zero-order valence-corrected chi connectivity index (χ0v) is 16.0. The van der Waals surface area contributed by atoms with Crippen LogP contribution < -0.4 is 0 Å². The highest BCUT2D eigenvalue weighted by Crippen LogP contribution is 2.42. The third-order valence-corrected chi connectivity index (χ3v) is 5.91. The fourth-order valence-electron chi connectivity index (χ4n) is 3.10. The van der Waals surface area contributed by atoms with E-state index in [0.29, 0.717) is 12.0 Å². The van der Waals surface area contributed by atoms with Crippen LogP contribution in [-0.4, -0.2) is 33.7 Å². The molecule has 27 heavy (non-hydrogen) atoms. The molecule has 150 valence electrons. The van der Waals surface area contributed by atoms with Crippen LogP contribution in [0.5, 0.6) is 0 Å². The first-order valence-electron chi connectivity index (χ1n) is 9.08. The van der Waals surface area contributed by atoms with Gasteiger partial charge in [-0.1, -0.05) is 44.7 Å². The van der Waals surface area contributed by atoms with Crippen LogP contribution in [0.3, 0.4) is 0 Å². The van der Waals surface area contributed by atoms with Crippen LogP contribution in [0.2, 0.25) is 0 Å². The van der Waals surface area contributed by atoms with Gasteiger partial charge in [-0.15, -0.1) is 11.8 Å². The molecule has 1 N–H and O–H groups in total. The predicted molar refractivity (Wildman–Crippen MR) is 98.3 cm³/mol. The molecule has 2 unspecified atom stereocenters. The maximum absolute atomic E-state index is 12.7. The van der Waals surface area contributed by atoms with Gasteiger partial charge in [-0.05, 0) is 24.1 Å². The molecule has 8 heteroatoms. The number of carboxylic acid groups (broad SMARTS) is 1. The summed E-state index contributed by atoms with van der Waals surface area (Å²) in [7, 11) is 0. The Bertz CT molecular complexity index is 649. The minimum Gasteiger partial charge on any atom is -0.480 e. The molecule has 4 nitrogen and oxygen atoms in total. The number of benzene rings is 1. The van der Waals surface area contributed by atoms with Gasteiger partial charge in [-0.25, -0.2) is 4.79 Å². The van der Waals surface area contributed by atoms with Gasteiger partial charge in [0.05, 0.1) is 5.56 Å². The number of carbonyl (C=O) groups excluding carboxylic acids is 1. The first-order valence-corrected chi connectivity index (χ1v) is 10.1. The molecule has 1 heterocycles. The Labute approximate surface area is 161 Å². The second-order valence-corrected chi connectivity index (χ2v) is 7.74. The van der Waals surface area contributed by atoms with E-state index in [-0.39, 0.29) is 18.1 Å². The van der Waals surface area contributed by atoms with E-state index in [1.807, 2.05) is 0 Å². The van der Waals surface area contributed by atoms with E-state index in [4.69, 9.17) is 0 Å². The van der Waals surface area contributed by atoms with Crippen LogP contribution in [-0.2, 0) is 15.8 Å². The molecule has 1 aromatic carbocycles. The largest absolute Gasteiger partial charge is 0.480 e. The number of thioether (sulfide) groups is 1. The minimum absolute atomic E-state index is 0.225. The Morgan fingerprint density at radius 3 is 2.33 bits per heavy atom. The summed E-state index contributed by atoms with van der Waals surface area (Å²) in [5.41, 5.74) is -0.256.